The van der Waals surface area contributed by atoms with E-state index in [0.29, 0.717) is 0 Å². The number of halogens is 1. The molecule has 1 atom stereocenters. The molecular formula is C13H14BrN3. The van der Waals surface area contributed by atoms with Gasteiger partial charge in [-0.2, -0.15) is 0 Å². The van der Waals surface area contributed by atoms with Crippen LogP contribution in [0.2, 0.25) is 0 Å². The summed E-state index contributed by atoms with van der Waals surface area (Å²) in [5.41, 5.74) is 2.44. The lowest BCUT2D eigenvalue weighted by Gasteiger charge is -2.16. The van der Waals surface area contributed by atoms with Crippen LogP contribution in [0.5, 0.6) is 0 Å². The minimum Gasteiger partial charge on any atom is -0.313 e. The molecular weight excluding hydrogens is 278 g/mol. The molecule has 0 radical (unpaired) electrons. The summed E-state index contributed by atoms with van der Waals surface area (Å²) in [5.74, 6) is 0. The van der Waals surface area contributed by atoms with E-state index < -0.39 is 0 Å². The lowest BCUT2D eigenvalue weighted by Crippen LogP contribution is -2.18. The Labute approximate surface area is 109 Å². The van der Waals surface area contributed by atoms with E-state index in [-0.39, 0.29) is 6.04 Å². The van der Waals surface area contributed by atoms with Crippen molar-refractivity contribution in [1.29, 1.82) is 0 Å². The number of rotatable bonds is 4. The second-order valence-corrected chi connectivity index (χ2v) is 4.75. The van der Waals surface area contributed by atoms with Crippen LogP contribution in [0.15, 0.2) is 47.5 Å². The Balaban J connectivity index is 2.16. The van der Waals surface area contributed by atoms with Crippen LogP contribution >= 0.6 is 15.9 Å². The third-order valence-electron chi connectivity index (χ3n) is 2.66. The Morgan fingerprint density at radius 2 is 2.00 bits per heavy atom. The average Bonchev–Trinajstić information content (AvgIpc) is 2.37. The van der Waals surface area contributed by atoms with Crippen LogP contribution in [0.25, 0.3) is 0 Å². The highest BCUT2D eigenvalue weighted by Crippen LogP contribution is 2.18. The van der Waals surface area contributed by atoms with Crippen molar-refractivity contribution in [2.45, 2.75) is 12.5 Å². The number of hydrogen-bond donors (Lipinski definition) is 1. The van der Waals surface area contributed by atoms with E-state index in [2.05, 4.69) is 37.3 Å². The monoisotopic (exact) mass is 291 g/mol. The summed E-state index contributed by atoms with van der Waals surface area (Å²) in [4.78, 5) is 8.21. The fourth-order valence-electron chi connectivity index (χ4n) is 1.79. The van der Waals surface area contributed by atoms with Crippen molar-refractivity contribution in [2.75, 3.05) is 7.05 Å². The van der Waals surface area contributed by atoms with Crippen LogP contribution in [-0.2, 0) is 6.42 Å². The van der Waals surface area contributed by atoms with Gasteiger partial charge in [-0.25, -0.2) is 0 Å². The Morgan fingerprint density at radius 1 is 1.24 bits per heavy atom. The first kappa shape index (κ1) is 12.2. The van der Waals surface area contributed by atoms with Crippen molar-refractivity contribution in [2.24, 2.45) is 0 Å². The molecule has 1 unspecified atom stereocenters. The standard InChI is InChI=1S/C13H14BrN3/c1-15-13(11-2-4-16-5-3-11)7-10-6-12(14)9-17-8-10/h2-6,8-9,13,15H,7H2,1H3. The highest BCUT2D eigenvalue weighted by Gasteiger charge is 2.09. The zero-order valence-corrected chi connectivity index (χ0v) is 11.2. The molecule has 0 aliphatic carbocycles. The summed E-state index contributed by atoms with van der Waals surface area (Å²) in [6.07, 6.45) is 8.24. The minimum atomic E-state index is 0.286. The molecule has 0 saturated carbocycles. The molecule has 17 heavy (non-hydrogen) atoms. The predicted molar refractivity (Wildman–Crippen MR) is 71.7 cm³/mol. The Kier molecular flexibility index (Phi) is 4.23. The van der Waals surface area contributed by atoms with Gasteiger partial charge in [-0.05, 0) is 58.7 Å². The van der Waals surface area contributed by atoms with Crippen LogP contribution in [-0.4, -0.2) is 17.0 Å². The SMILES string of the molecule is CNC(Cc1cncc(Br)c1)c1ccncc1. The van der Waals surface area contributed by atoms with E-state index >= 15 is 0 Å². The van der Waals surface area contributed by atoms with Gasteiger partial charge in [-0.1, -0.05) is 0 Å². The van der Waals surface area contributed by atoms with Crippen molar-refractivity contribution in [3.8, 4) is 0 Å². The molecule has 0 bridgehead atoms. The number of hydrogen-bond acceptors (Lipinski definition) is 3. The van der Waals surface area contributed by atoms with E-state index in [4.69, 9.17) is 0 Å². The number of pyridine rings is 2. The van der Waals surface area contributed by atoms with Gasteiger partial charge in [-0.3, -0.25) is 9.97 Å². The Bertz CT molecular complexity index is 473. The first-order valence-electron chi connectivity index (χ1n) is 5.46. The molecule has 1 N–H and O–H groups in total. The van der Waals surface area contributed by atoms with Crippen LogP contribution in [0.4, 0.5) is 0 Å². The summed E-state index contributed by atoms with van der Waals surface area (Å²) < 4.78 is 1.01. The van der Waals surface area contributed by atoms with Crippen molar-refractivity contribution >= 4 is 15.9 Å². The summed E-state index contributed by atoms with van der Waals surface area (Å²) in [6.45, 7) is 0. The number of nitrogens with zero attached hydrogens (tertiary/aromatic N) is 2. The van der Waals surface area contributed by atoms with Gasteiger partial charge in [-0.15, -0.1) is 0 Å². The van der Waals surface area contributed by atoms with Gasteiger partial charge < -0.3 is 5.32 Å². The molecule has 2 aromatic heterocycles. The molecule has 0 aromatic carbocycles. The molecule has 0 amide bonds. The minimum absolute atomic E-state index is 0.286. The summed E-state index contributed by atoms with van der Waals surface area (Å²) in [5, 5.41) is 3.32. The fourth-order valence-corrected chi connectivity index (χ4v) is 2.20. The highest BCUT2D eigenvalue weighted by molar-refractivity contribution is 9.10. The number of aromatic nitrogens is 2. The molecule has 0 fully saturated rings. The van der Waals surface area contributed by atoms with Crippen LogP contribution in [0.3, 0.4) is 0 Å². The maximum absolute atomic E-state index is 4.18. The highest BCUT2D eigenvalue weighted by atomic mass is 79.9. The average molecular weight is 292 g/mol. The maximum atomic E-state index is 4.18. The summed E-state index contributed by atoms with van der Waals surface area (Å²) >= 11 is 3.44. The topological polar surface area (TPSA) is 37.8 Å². The van der Waals surface area contributed by atoms with Gasteiger partial charge in [0.15, 0.2) is 0 Å². The molecule has 2 heterocycles. The number of nitrogens with one attached hydrogen (secondary N) is 1. The maximum Gasteiger partial charge on any atom is 0.0410 e. The normalized spacial score (nSPS) is 12.4. The number of likely N-dealkylation sites (N-methyl/N-ethyl adjacent to an activating group) is 1. The largest absolute Gasteiger partial charge is 0.313 e. The Morgan fingerprint density at radius 3 is 2.65 bits per heavy atom. The second-order valence-electron chi connectivity index (χ2n) is 3.84. The molecule has 88 valence electrons. The zero-order chi connectivity index (χ0) is 12.1. The van der Waals surface area contributed by atoms with E-state index in [1.165, 1.54) is 11.1 Å². The molecule has 4 heteroatoms. The van der Waals surface area contributed by atoms with Crippen molar-refractivity contribution in [1.82, 2.24) is 15.3 Å². The molecule has 2 rings (SSSR count). The molecule has 2 aromatic rings. The van der Waals surface area contributed by atoms with E-state index in [9.17, 15) is 0 Å². The zero-order valence-electron chi connectivity index (χ0n) is 9.60. The van der Waals surface area contributed by atoms with Gasteiger partial charge in [0.2, 0.25) is 0 Å². The predicted octanol–water partition coefficient (Wildman–Crippen LogP) is 2.74. The first-order chi connectivity index (χ1) is 8.29. The summed E-state index contributed by atoms with van der Waals surface area (Å²) in [6, 6.07) is 6.45. The molecule has 3 nitrogen and oxygen atoms in total. The first-order valence-corrected chi connectivity index (χ1v) is 6.25. The van der Waals surface area contributed by atoms with Gasteiger partial charge in [0.1, 0.15) is 0 Å². The summed E-state index contributed by atoms with van der Waals surface area (Å²) in [7, 11) is 1.97. The molecule has 0 aliphatic rings. The van der Waals surface area contributed by atoms with Crippen molar-refractivity contribution in [3.05, 3.63) is 58.6 Å². The second kappa shape index (κ2) is 5.89. The van der Waals surface area contributed by atoms with Gasteiger partial charge in [0.05, 0.1) is 0 Å². The fraction of sp³-hybridized carbons (Fsp3) is 0.231. The molecule has 0 aliphatic heterocycles. The van der Waals surface area contributed by atoms with E-state index in [1.54, 1.807) is 6.20 Å². The van der Waals surface area contributed by atoms with Crippen molar-refractivity contribution in [3.63, 3.8) is 0 Å². The van der Waals surface area contributed by atoms with Crippen LogP contribution < -0.4 is 5.32 Å². The third-order valence-corrected chi connectivity index (χ3v) is 3.09. The molecule has 0 spiro atoms. The quantitative estimate of drug-likeness (QED) is 0.941. The third kappa shape index (κ3) is 3.35. The lowest BCUT2D eigenvalue weighted by molar-refractivity contribution is 0.590. The smallest absolute Gasteiger partial charge is 0.0410 e. The van der Waals surface area contributed by atoms with Gasteiger partial charge in [0, 0.05) is 35.3 Å². The lowest BCUT2D eigenvalue weighted by atomic mass is 10.0. The molecule has 0 saturated heterocycles. The van der Waals surface area contributed by atoms with Gasteiger partial charge in [0.25, 0.3) is 0 Å². The Hall–Kier alpha value is -1.26. The van der Waals surface area contributed by atoms with Crippen LogP contribution in [0.1, 0.15) is 17.2 Å². The van der Waals surface area contributed by atoms with Crippen LogP contribution in [0, 0.1) is 0 Å². The van der Waals surface area contributed by atoms with E-state index in [0.717, 1.165) is 10.9 Å². The van der Waals surface area contributed by atoms with Gasteiger partial charge >= 0.3 is 0 Å². The van der Waals surface area contributed by atoms with E-state index in [1.807, 2.05) is 37.8 Å². The van der Waals surface area contributed by atoms with Crippen molar-refractivity contribution < 1.29 is 0 Å².